The molecule has 1 aromatic heterocycles. The minimum atomic E-state index is -0.0771. The average Bonchev–Trinajstić information content (AvgIpc) is 2.82. The molecular weight excluding hydrogens is 260 g/mol. The van der Waals surface area contributed by atoms with E-state index in [2.05, 4.69) is 47.0 Å². The lowest BCUT2D eigenvalue weighted by molar-refractivity contribution is 0.414. The van der Waals surface area contributed by atoms with Crippen LogP contribution in [0.2, 0.25) is 0 Å². The summed E-state index contributed by atoms with van der Waals surface area (Å²) in [4.78, 5) is 0. The monoisotopic (exact) mass is 286 g/mol. The second-order valence-corrected chi connectivity index (χ2v) is 7.47. The lowest BCUT2D eigenvalue weighted by Gasteiger charge is -2.30. The molecule has 114 valence electrons. The van der Waals surface area contributed by atoms with Gasteiger partial charge in [-0.25, -0.2) is 0 Å². The van der Waals surface area contributed by atoms with Crippen molar-refractivity contribution in [3.63, 3.8) is 0 Å². The Balaban J connectivity index is 1.51. The summed E-state index contributed by atoms with van der Waals surface area (Å²) in [6.07, 6.45) is 5.77. The molecule has 2 aliphatic heterocycles. The second-order valence-electron chi connectivity index (χ2n) is 7.47. The number of hydrogen-bond donors (Lipinski definition) is 2. The Bertz CT molecular complexity index is 561. The van der Waals surface area contributed by atoms with Crippen LogP contribution in [0.3, 0.4) is 0 Å². The SMILES string of the molecule is C=C(NC(C)(C)c1cnn2c1CCCC2)C1C2CNCC21. The Labute approximate surface area is 127 Å². The van der Waals surface area contributed by atoms with Crippen LogP contribution in [-0.2, 0) is 18.5 Å². The number of fused-ring (bicyclic) bond motifs is 2. The second kappa shape index (κ2) is 4.60. The highest BCUT2D eigenvalue weighted by Gasteiger charge is 2.54. The minimum absolute atomic E-state index is 0.0771. The van der Waals surface area contributed by atoms with Gasteiger partial charge >= 0.3 is 0 Å². The van der Waals surface area contributed by atoms with Gasteiger partial charge in [0.05, 0.1) is 11.7 Å². The summed E-state index contributed by atoms with van der Waals surface area (Å²) in [6.45, 7) is 12.3. The van der Waals surface area contributed by atoms with Gasteiger partial charge in [0.1, 0.15) is 0 Å². The third-order valence-corrected chi connectivity index (χ3v) is 5.62. The molecule has 1 saturated carbocycles. The van der Waals surface area contributed by atoms with E-state index in [1.165, 1.54) is 42.9 Å². The Morgan fingerprint density at radius 3 is 2.90 bits per heavy atom. The summed E-state index contributed by atoms with van der Waals surface area (Å²) >= 11 is 0. The number of aryl methyl sites for hydroxylation is 1. The van der Waals surface area contributed by atoms with E-state index in [1.54, 1.807) is 0 Å². The molecule has 0 bridgehead atoms. The zero-order chi connectivity index (χ0) is 14.6. The predicted molar refractivity (Wildman–Crippen MR) is 83.8 cm³/mol. The Hall–Kier alpha value is -1.29. The molecule has 2 fully saturated rings. The number of aromatic nitrogens is 2. The first kappa shape index (κ1) is 13.4. The molecule has 4 heteroatoms. The van der Waals surface area contributed by atoms with Crippen LogP contribution in [0.1, 0.15) is 37.9 Å². The van der Waals surface area contributed by atoms with Crippen molar-refractivity contribution in [1.29, 1.82) is 0 Å². The first-order valence-electron chi connectivity index (χ1n) is 8.31. The fourth-order valence-corrected chi connectivity index (χ4v) is 4.43. The standard InChI is InChI=1S/C17H26N4/c1-11(16-12-8-18-9-13(12)16)20-17(2,3)14-10-19-21-7-5-4-6-15(14)21/h10,12-13,16,18,20H,1,4-9H2,2-3H3. The lowest BCUT2D eigenvalue weighted by atomic mass is 9.91. The fourth-order valence-electron chi connectivity index (χ4n) is 4.43. The molecule has 0 spiro atoms. The molecule has 3 heterocycles. The molecule has 0 aromatic carbocycles. The zero-order valence-electron chi connectivity index (χ0n) is 13.2. The molecule has 1 aromatic rings. The van der Waals surface area contributed by atoms with Gasteiger partial charge in [0, 0.05) is 29.4 Å². The summed E-state index contributed by atoms with van der Waals surface area (Å²) in [6, 6.07) is 0. The number of nitrogens with one attached hydrogen (secondary N) is 2. The molecule has 3 aliphatic rings. The van der Waals surface area contributed by atoms with Crippen LogP contribution < -0.4 is 10.6 Å². The van der Waals surface area contributed by atoms with Crippen molar-refractivity contribution in [2.75, 3.05) is 13.1 Å². The van der Waals surface area contributed by atoms with Gasteiger partial charge in [-0.1, -0.05) is 6.58 Å². The molecule has 2 atom stereocenters. The Morgan fingerprint density at radius 2 is 2.14 bits per heavy atom. The third-order valence-electron chi connectivity index (χ3n) is 5.62. The van der Waals surface area contributed by atoms with E-state index in [0.717, 1.165) is 24.8 Å². The van der Waals surface area contributed by atoms with Gasteiger partial charge < -0.3 is 10.6 Å². The fraction of sp³-hybridized carbons (Fsp3) is 0.706. The van der Waals surface area contributed by atoms with Crippen LogP contribution in [0.25, 0.3) is 0 Å². The highest BCUT2D eigenvalue weighted by Crippen LogP contribution is 2.52. The van der Waals surface area contributed by atoms with E-state index in [4.69, 9.17) is 0 Å². The molecule has 0 amide bonds. The van der Waals surface area contributed by atoms with E-state index in [1.807, 2.05) is 0 Å². The zero-order valence-corrected chi connectivity index (χ0v) is 13.2. The van der Waals surface area contributed by atoms with Crippen LogP contribution >= 0.6 is 0 Å². The van der Waals surface area contributed by atoms with Crippen molar-refractivity contribution in [2.24, 2.45) is 17.8 Å². The minimum Gasteiger partial charge on any atom is -0.379 e. The van der Waals surface area contributed by atoms with Crippen molar-refractivity contribution >= 4 is 0 Å². The molecule has 1 aliphatic carbocycles. The number of nitrogens with zero attached hydrogens (tertiary/aromatic N) is 2. The van der Waals surface area contributed by atoms with Gasteiger partial charge in [-0.15, -0.1) is 0 Å². The summed E-state index contributed by atoms with van der Waals surface area (Å²) < 4.78 is 2.20. The lowest BCUT2D eigenvalue weighted by Crippen LogP contribution is -2.38. The van der Waals surface area contributed by atoms with Gasteiger partial charge in [-0.3, -0.25) is 4.68 Å². The third kappa shape index (κ3) is 2.11. The maximum absolute atomic E-state index is 4.59. The molecule has 21 heavy (non-hydrogen) atoms. The molecular formula is C17H26N4. The normalized spacial score (nSPS) is 30.7. The van der Waals surface area contributed by atoms with Crippen LogP contribution in [-0.4, -0.2) is 22.9 Å². The van der Waals surface area contributed by atoms with Crippen molar-refractivity contribution < 1.29 is 0 Å². The molecule has 1 saturated heterocycles. The van der Waals surface area contributed by atoms with Crippen molar-refractivity contribution in [2.45, 2.75) is 45.2 Å². The maximum Gasteiger partial charge on any atom is 0.0599 e. The average molecular weight is 286 g/mol. The van der Waals surface area contributed by atoms with Crippen molar-refractivity contribution in [3.8, 4) is 0 Å². The molecule has 4 nitrogen and oxygen atoms in total. The summed E-state index contributed by atoms with van der Waals surface area (Å²) in [5, 5.41) is 11.8. The molecule has 2 N–H and O–H groups in total. The van der Waals surface area contributed by atoms with Gasteiger partial charge in [-0.05, 0) is 58.0 Å². The summed E-state index contributed by atoms with van der Waals surface area (Å²) in [7, 11) is 0. The van der Waals surface area contributed by atoms with Crippen molar-refractivity contribution in [1.82, 2.24) is 20.4 Å². The van der Waals surface area contributed by atoms with Crippen LogP contribution in [0, 0.1) is 17.8 Å². The van der Waals surface area contributed by atoms with Gasteiger partial charge in [0.15, 0.2) is 0 Å². The number of piperidine rings is 1. The van der Waals surface area contributed by atoms with Crippen LogP contribution in [0.4, 0.5) is 0 Å². The van der Waals surface area contributed by atoms with Crippen molar-refractivity contribution in [3.05, 3.63) is 29.7 Å². The molecule has 0 radical (unpaired) electrons. The van der Waals surface area contributed by atoms with Gasteiger partial charge in [0.2, 0.25) is 0 Å². The summed E-state index contributed by atoms with van der Waals surface area (Å²) in [5.74, 6) is 2.32. The highest BCUT2D eigenvalue weighted by molar-refractivity contribution is 5.30. The van der Waals surface area contributed by atoms with Crippen LogP contribution in [0.15, 0.2) is 18.5 Å². The predicted octanol–water partition coefficient (Wildman–Crippen LogP) is 2.02. The number of allylic oxidation sites excluding steroid dienone is 1. The Morgan fingerprint density at radius 1 is 1.38 bits per heavy atom. The van der Waals surface area contributed by atoms with Gasteiger partial charge in [-0.2, -0.15) is 5.10 Å². The van der Waals surface area contributed by atoms with E-state index >= 15 is 0 Å². The molecule has 2 unspecified atom stereocenters. The highest BCUT2D eigenvalue weighted by atomic mass is 15.3. The smallest absolute Gasteiger partial charge is 0.0599 e. The van der Waals surface area contributed by atoms with E-state index in [-0.39, 0.29) is 5.54 Å². The van der Waals surface area contributed by atoms with Gasteiger partial charge in [0.25, 0.3) is 0 Å². The summed E-state index contributed by atoms with van der Waals surface area (Å²) in [5.41, 5.74) is 3.93. The van der Waals surface area contributed by atoms with Crippen LogP contribution in [0.5, 0.6) is 0 Å². The Kier molecular flexibility index (Phi) is 2.93. The molecule has 4 rings (SSSR count). The maximum atomic E-state index is 4.59. The first-order chi connectivity index (χ1) is 10.1. The first-order valence-corrected chi connectivity index (χ1v) is 8.31. The van der Waals surface area contributed by atoms with E-state index < -0.39 is 0 Å². The largest absolute Gasteiger partial charge is 0.379 e. The quantitative estimate of drug-likeness (QED) is 0.890. The van der Waals surface area contributed by atoms with E-state index in [0.29, 0.717) is 5.92 Å². The number of rotatable bonds is 4. The van der Waals surface area contributed by atoms with E-state index in [9.17, 15) is 0 Å². The topological polar surface area (TPSA) is 41.9 Å². The number of hydrogen-bond acceptors (Lipinski definition) is 3.